The normalized spacial score (nSPS) is 22.3. The van der Waals surface area contributed by atoms with Crippen molar-refractivity contribution in [1.82, 2.24) is 14.9 Å². The standard InChI is InChI=1S/C21H30ClN3O4S/c1-15(20(26)24-18-7-3-2-4-8-18)23-21(27)16-6-5-13-25(14-16)30(28,29)19-11-9-17(22)10-12-19/h9-12,15-16,18H,2-8,13-14H2,1H3,(H,23,27)(H,24,26)/t15-,16?/m0/s1. The zero-order valence-electron chi connectivity index (χ0n) is 17.3. The fourth-order valence-corrected chi connectivity index (χ4v) is 5.75. The predicted molar refractivity (Wildman–Crippen MR) is 116 cm³/mol. The van der Waals surface area contributed by atoms with Crippen LogP contribution in [0.3, 0.4) is 0 Å². The van der Waals surface area contributed by atoms with Crippen LogP contribution < -0.4 is 10.6 Å². The summed E-state index contributed by atoms with van der Waals surface area (Å²) in [6.45, 7) is 2.14. The summed E-state index contributed by atoms with van der Waals surface area (Å²) >= 11 is 5.85. The Labute approximate surface area is 183 Å². The Hall–Kier alpha value is -1.64. The fraction of sp³-hybridized carbons (Fsp3) is 0.619. The molecule has 1 unspecified atom stereocenters. The minimum Gasteiger partial charge on any atom is -0.352 e. The number of piperidine rings is 1. The molecule has 2 atom stereocenters. The third-order valence-electron chi connectivity index (χ3n) is 5.91. The number of nitrogens with zero attached hydrogens (tertiary/aromatic N) is 1. The minimum atomic E-state index is -3.69. The molecule has 3 rings (SSSR count). The van der Waals surface area contributed by atoms with Gasteiger partial charge in [0.1, 0.15) is 6.04 Å². The second-order valence-corrected chi connectivity index (χ2v) is 10.6. The summed E-state index contributed by atoms with van der Waals surface area (Å²) < 4.78 is 27.2. The van der Waals surface area contributed by atoms with Gasteiger partial charge >= 0.3 is 0 Å². The molecule has 1 heterocycles. The van der Waals surface area contributed by atoms with E-state index in [-0.39, 0.29) is 29.3 Å². The highest BCUT2D eigenvalue weighted by Crippen LogP contribution is 2.25. The van der Waals surface area contributed by atoms with Crippen LogP contribution in [0, 0.1) is 5.92 Å². The van der Waals surface area contributed by atoms with E-state index in [0.29, 0.717) is 24.4 Å². The SMILES string of the molecule is C[C@H](NC(=O)C1CCCN(S(=O)(=O)c2ccc(Cl)cc2)C1)C(=O)NC1CCCCC1. The Morgan fingerprint density at radius 1 is 1.07 bits per heavy atom. The Morgan fingerprint density at radius 3 is 2.40 bits per heavy atom. The molecule has 166 valence electrons. The first-order valence-electron chi connectivity index (χ1n) is 10.6. The zero-order valence-corrected chi connectivity index (χ0v) is 18.8. The van der Waals surface area contributed by atoms with Crippen LogP contribution in [0.5, 0.6) is 0 Å². The summed E-state index contributed by atoms with van der Waals surface area (Å²) in [5.74, 6) is -0.945. The van der Waals surface area contributed by atoms with E-state index >= 15 is 0 Å². The third-order valence-corrected chi connectivity index (χ3v) is 8.04. The Kier molecular flexibility index (Phi) is 7.76. The van der Waals surface area contributed by atoms with E-state index in [4.69, 9.17) is 11.6 Å². The number of benzene rings is 1. The van der Waals surface area contributed by atoms with E-state index in [0.717, 1.165) is 25.7 Å². The van der Waals surface area contributed by atoms with Crippen molar-refractivity contribution in [2.75, 3.05) is 13.1 Å². The first-order valence-corrected chi connectivity index (χ1v) is 12.5. The zero-order chi connectivity index (χ0) is 21.7. The lowest BCUT2D eigenvalue weighted by Gasteiger charge is -2.32. The molecule has 2 fully saturated rings. The van der Waals surface area contributed by atoms with Crippen LogP contribution in [-0.2, 0) is 19.6 Å². The highest BCUT2D eigenvalue weighted by Gasteiger charge is 2.34. The number of carbonyl (C=O) groups excluding carboxylic acids is 2. The summed E-state index contributed by atoms with van der Waals surface area (Å²) in [5.41, 5.74) is 0. The highest BCUT2D eigenvalue weighted by molar-refractivity contribution is 7.89. The fourth-order valence-electron chi connectivity index (χ4n) is 4.10. The maximum Gasteiger partial charge on any atom is 0.243 e. The quantitative estimate of drug-likeness (QED) is 0.689. The number of nitrogens with one attached hydrogen (secondary N) is 2. The minimum absolute atomic E-state index is 0.105. The van der Waals surface area contributed by atoms with Crippen molar-refractivity contribution in [3.8, 4) is 0 Å². The summed E-state index contributed by atoms with van der Waals surface area (Å²) in [6.07, 6.45) is 6.58. The van der Waals surface area contributed by atoms with Crippen LogP contribution in [0.2, 0.25) is 5.02 Å². The number of hydrogen-bond acceptors (Lipinski definition) is 4. The lowest BCUT2D eigenvalue weighted by Crippen LogP contribution is -2.52. The Bertz CT molecular complexity index is 854. The largest absolute Gasteiger partial charge is 0.352 e. The average Bonchev–Trinajstić information content (AvgIpc) is 2.74. The van der Waals surface area contributed by atoms with Crippen LogP contribution >= 0.6 is 11.6 Å². The van der Waals surface area contributed by atoms with Crippen LogP contribution in [0.25, 0.3) is 0 Å². The van der Waals surface area contributed by atoms with Crippen LogP contribution in [0.1, 0.15) is 51.9 Å². The van der Waals surface area contributed by atoms with Crippen LogP contribution in [0.15, 0.2) is 29.2 Å². The molecule has 2 N–H and O–H groups in total. The maximum absolute atomic E-state index is 12.9. The summed E-state index contributed by atoms with van der Waals surface area (Å²) in [4.78, 5) is 25.3. The molecule has 1 aliphatic heterocycles. The van der Waals surface area contributed by atoms with Crippen molar-refractivity contribution in [3.05, 3.63) is 29.3 Å². The van der Waals surface area contributed by atoms with Gasteiger partial charge in [-0.3, -0.25) is 9.59 Å². The number of rotatable bonds is 6. The van der Waals surface area contributed by atoms with Gasteiger partial charge in [0.05, 0.1) is 10.8 Å². The molecule has 0 bridgehead atoms. The molecule has 1 saturated carbocycles. The first-order chi connectivity index (χ1) is 14.3. The second-order valence-electron chi connectivity index (χ2n) is 8.23. The molecule has 1 aromatic carbocycles. The first kappa shape index (κ1) is 23.0. The Morgan fingerprint density at radius 2 is 1.73 bits per heavy atom. The van der Waals surface area contributed by atoms with E-state index < -0.39 is 22.0 Å². The van der Waals surface area contributed by atoms with Gasteiger partial charge < -0.3 is 10.6 Å². The molecule has 2 aliphatic rings. The summed E-state index contributed by atoms with van der Waals surface area (Å²) in [7, 11) is -3.69. The molecule has 9 heteroatoms. The number of hydrogen-bond donors (Lipinski definition) is 2. The van der Waals surface area contributed by atoms with Gasteiger partial charge in [0.15, 0.2) is 0 Å². The summed E-state index contributed by atoms with van der Waals surface area (Å²) in [5, 5.41) is 6.25. The molecular formula is C21H30ClN3O4S. The average molecular weight is 456 g/mol. The lowest BCUT2D eigenvalue weighted by atomic mass is 9.95. The van der Waals surface area contributed by atoms with Crippen molar-refractivity contribution >= 4 is 33.4 Å². The molecule has 30 heavy (non-hydrogen) atoms. The molecule has 0 spiro atoms. The number of carbonyl (C=O) groups is 2. The van der Waals surface area contributed by atoms with Crippen molar-refractivity contribution in [2.45, 2.75) is 68.8 Å². The van der Waals surface area contributed by atoms with Gasteiger partial charge in [0, 0.05) is 24.2 Å². The second kappa shape index (κ2) is 10.1. The highest BCUT2D eigenvalue weighted by atomic mass is 35.5. The van der Waals surface area contributed by atoms with Gasteiger partial charge in [-0.25, -0.2) is 8.42 Å². The van der Waals surface area contributed by atoms with Gasteiger partial charge in [0.2, 0.25) is 21.8 Å². The van der Waals surface area contributed by atoms with Crippen molar-refractivity contribution in [2.24, 2.45) is 5.92 Å². The van der Waals surface area contributed by atoms with Crippen molar-refractivity contribution < 1.29 is 18.0 Å². The van der Waals surface area contributed by atoms with Gasteiger partial charge in [0.25, 0.3) is 0 Å². The van der Waals surface area contributed by atoms with Gasteiger partial charge in [-0.05, 0) is 56.9 Å². The van der Waals surface area contributed by atoms with E-state index in [1.165, 1.54) is 35.0 Å². The summed E-state index contributed by atoms with van der Waals surface area (Å²) in [6, 6.07) is 5.55. The predicted octanol–water partition coefficient (Wildman–Crippen LogP) is 2.69. The maximum atomic E-state index is 12.9. The number of amides is 2. The molecule has 1 aliphatic carbocycles. The molecule has 0 radical (unpaired) electrons. The van der Waals surface area contributed by atoms with Crippen molar-refractivity contribution in [3.63, 3.8) is 0 Å². The van der Waals surface area contributed by atoms with Crippen LogP contribution in [0.4, 0.5) is 0 Å². The van der Waals surface area contributed by atoms with Gasteiger partial charge in [-0.15, -0.1) is 0 Å². The molecule has 2 amide bonds. The van der Waals surface area contributed by atoms with Gasteiger partial charge in [-0.2, -0.15) is 4.31 Å². The van der Waals surface area contributed by atoms with Crippen molar-refractivity contribution in [1.29, 1.82) is 0 Å². The number of halogens is 1. The topological polar surface area (TPSA) is 95.6 Å². The monoisotopic (exact) mass is 455 g/mol. The van der Waals surface area contributed by atoms with E-state index in [9.17, 15) is 18.0 Å². The number of sulfonamides is 1. The molecule has 0 aromatic heterocycles. The smallest absolute Gasteiger partial charge is 0.243 e. The molecule has 1 saturated heterocycles. The molecule has 1 aromatic rings. The molecule has 7 nitrogen and oxygen atoms in total. The Balaban J connectivity index is 1.57. The van der Waals surface area contributed by atoms with Crippen LogP contribution in [-0.4, -0.2) is 49.7 Å². The molecular weight excluding hydrogens is 426 g/mol. The van der Waals surface area contributed by atoms with E-state index in [2.05, 4.69) is 10.6 Å². The van der Waals surface area contributed by atoms with E-state index in [1.54, 1.807) is 6.92 Å². The third kappa shape index (κ3) is 5.74. The van der Waals surface area contributed by atoms with E-state index in [1.807, 2.05) is 0 Å². The lowest BCUT2D eigenvalue weighted by molar-refractivity contribution is -0.131. The van der Waals surface area contributed by atoms with Gasteiger partial charge in [-0.1, -0.05) is 30.9 Å².